The fraction of sp³-hybridized carbons (Fsp3) is 0.500. The Morgan fingerprint density at radius 2 is 1.91 bits per heavy atom. The van der Waals surface area contributed by atoms with Crippen LogP contribution in [0.5, 0.6) is 0 Å². The third kappa shape index (κ3) is 3.00. The van der Waals surface area contributed by atoms with Crippen LogP contribution in [0.25, 0.3) is 0 Å². The fourth-order valence-electron chi connectivity index (χ4n) is 2.81. The molecule has 122 valence electrons. The van der Waals surface area contributed by atoms with Crippen molar-refractivity contribution in [2.24, 2.45) is 0 Å². The van der Waals surface area contributed by atoms with Crippen LogP contribution in [0.1, 0.15) is 54.0 Å². The average Bonchev–Trinajstić information content (AvgIpc) is 2.86. The summed E-state index contributed by atoms with van der Waals surface area (Å²) >= 11 is 0. The van der Waals surface area contributed by atoms with Gasteiger partial charge in [-0.3, -0.25) is 4.79 Å². The summed E-state index contributed by atoms with van der Waals surface area (Å²) in [6, 6.07) is 6.20. The molecule has 1 saturated heterocycles. The topological polar surface area (TPSA) is 51.0 Å². The van der Waals surface area contributed by atoms with Crippen LogP contribution in [0.2, 0.25) is 0 Å². The maximum absolute atomic E-state index is 12.6. The van der Waals surface area contributed by atoms with Gasteiger partial charge in [0, 0.05) is 30.3 Å². The number of hydrogen-bond acceptors (Lipinski definition) is 3. The van der Waals surface area contributed by atoms with Crippen molar-refractivity contribution in [1.29, 1.82) is 0 Å². The summed E-state index contributed by atoms with van der Waals surface area (Å²) in [6.45, 7) is 11.8. The molecule has 2 aromatic rings. The minimum Gasteiger partial charge on any atom is -0.334 e. The SMILES string of the molecule is Cc1ccc(C(=O)N2CC(n3cc(C(C)(C)C)nn3)C2)c(C)c1. The molecule has 1 aromatic heterocycles. The first-order valence-corrected chi connectivity index (χ1v) is 8.04. The Hall–Kier alpha value is -2.17. The lowest BCUT2D eigenvalue weighted by Gasteiger charge is -2.39. The van der Waals surface area contributed by atoms with E-state index in [9.17, 15) is 4.79 Å². The maximum Gasteiger partial charge on any atom is 0.254 e. The van der Waals surface area contributed by atoms with Gasteiger partial charge in [-0.15, -0.1) is 5.10 Å². The first-order chi connectivity index (χ1) is 10.8. The monoisotopic (exact) mass is 312 g/mol. The van der Waals surface area contributed by atoms with Gasteiger partial charge >= 0.3 is 0 Å². The normalized spacial score (nSPS) is 15.6. The minimum absolute atomic E-state index is 0.00346. The molecule has 5 nitrogen and oxygen atoms in total. The molecule has 5 heteroatoms. The highest BCUT2D eigenvalue weighted by Crippen LogP contribution is 2.26. The van der Waals surface area contributed by atoms with Crippen LogP contribution in [0.4, 0.5) is 0 Å². The second kappa shape index (κ2) is 5.48. The van der Waals surface area contributed by atoms with Crippen molar-refractivity contribution in [2.75, 3.05) is 13.1 Å². The molecule has 0 N–H and O–H groups in total. The van der Waals surface area contributed by atoms with Gasteiger partial charge in [0.2, 0.25) is 0 Å². The minimum atomic E-state index is -0.00346. The van der Waals surface area contributed by atoms with E-state index >= 15 is 0 Å². The first-order valence-electron chi connectivity index (χ1n) is 8.04. The van der Waals surface area contributed by atoms with Crippen molar-refractivity contribution in [1.82, 2.24) is 19.9 Å². The number of nitrogens with zero attached hydrogens (tertiary/aromatic N) is 4. The molecular formula is C18H24N4O. The maximum atomic E-state index is 12.6. The van der Waals surface area contributed by atoms with E-state index in [1.165, 1.54) is 5.56 Å². The molecule has 0 saturated carbocycles. The van der Waals surface area contributed by atoms with Gasteiger partial charge in [-0.2, -0.15) is 0 Å². The van der Waals surface area contributed by atoms with E-state index in [4.69, 9.17) is 0 Å². The molecule has 1 aliphatic rings. The molecule has 23 heavy (non-hydrogen) atoms. The van der Waals surface area contributed by atoms with Crippen molar-refractivity contribution < 1.29 is 4.79 Å². The van der Waals surface area contributed by atoms with Crippen LogP contribution in [0, 0.1) is 13.8 Å². The largest absolute Gasteiger partial charge is 0.334 e. The van der Waals surface area contributed by atoms with Crippen LogP contribution in [-0.2, 0) is 5.41 Å². The number of carbonyl (C=O) groups excluding carboxylic acids is 1. The summed E-state index contributed by atoms with van der Waals surface area (Å²) in [5, 5.41) is 8.48. The van der Waals surface area contributed by atoms with E-state index in [0.29, 0.717) is 13.1 Å². The number of amides is 1. The third-order valence-electron chi connectivity index (χ3n) is 4.41. The zero-order valence-corrected chi connectivity index (χ0v) is 14.5. The van der Waals surface area contributed by atoms with E-state index in [0.717, 1.165) is 16.8 Å². The average molecular weight is 312 g/mol. The molecule has 0 unspecified atom stereocenters. The summed E-state index contributed by atoms with van der Waals surface area (Å²) in [7, 11) is 0. The Labute approximate surface area is 137 Å². The molecule has 0 atom stereocenters. The second-order valence-electron chi connectivity index (χ2n) is 7.52. The fourth-order valence-corrected chi connectivity index (χ4v) is 2.81. The summed E-state index contributed by atoms with van der Waals surface area (Å²) in [5.41, 5.74) is 3.99. The van der Waals surface area contributed by atoms with Crippen LogP contribution >= 0.6 is 0 Å². The quantitative estimate of drug-likeness (QED) is 0.857. The Morgan fingerprint density at radius 3 is 2.48 bits per heavy atom. The molecule has 1 aromatic carbocycles. The molecule has 2 heterocycles. The predicted octanol–water partition coefficient (Wildman–Crippen LogP) is 2.89. The first kappa shape index (κ1) is 15.7. The highest BCUT2D eigenvalue weighted by Gasteiger charge is 2.34. The zero-order chi connectivity index (χ0) is 16.8. The van der Waals surface area contributed by atoms with Crippen LogP contribution < -0.4 is 0 Å². The molecule has 0 aliphatic carbocycles. The van der Waals surface area contributed by atoms with Crippen molar-refractivity contribution in [3.63, 3.8) is 0 Å². The molecule has 1 amide bonds. The second-order valence-corrected chi connectivity index (χ2v) is 7.52. The van der Waals surface area contributed by atoms with E-state index in [-0.39, 0.29) is 17.4 Å². The Kier molecular flexibility index (Phi) is 3.74. The van der Waals surface area contributed by atoms with Crippen LogP contribution in [-0.4, -0.2) is 38.9 Å². The summed E-state index contributed by atoms with van der Waals surface area (Å²) < 4.78 is 1.90. The standard InChI is InChI=1S/C18H24N4O/c1-12-6-7-15(13(2)8-12)17(23)21-9-14(10-21)22-11-16(19-20-22)18(3,4)5/h6-8,11,14H,9-10H2,1-5H3. The van der Waals surface area contributed by atoms with Gasteiger partial charge in [0.15, 0.2) is 0 Å². The highest BCUT2D eigenvalue weighted by molar-refractivity contribution is 5.96. The molecule has 3 rings (SSSR count). The Morgan fingerprint density at radius 1 is 1.22 bits per heavy atom. The van der Waals surface area contributed by atoms with Gasteiger partial charge in [0.25, 0.3) is 5.91 Å². The number of benzene rings is 1. The number of carbonyl (C=O) groups is 1. The lowest BCUT2D eigenvalue weighted by Crippen LogP contribution is -2.51. The van der Waals surface area contributed by atoms with Crippen LogP contribution in [0.3, 0.4) is 0 Å². The third-order valence-corrected chi connectivity index (χ3v) is 4.41. The summed E-state index contributed by atoms with van der Waals surface area (Å²) in [5.74, 6) is 0.106. The number of aromatic nitrogens is 3. The number of aryl methyl sites for hydroxylation is 2. The van der Waals surface area contributed by atoms with Crippen molar-refractivity contribution in [3.8, 4) is 0 Å². The van der Waals surface area contributed by atoms with E-state index in [1.54, 1.807) is 0 Å². The number of rotatable bonds is 2. The van der Waals surface area contributed by atoms with Crippen molar-refractivity contribution in [2.45, 2.75) is 46.1 Å². The Bertz CT molecular complexity index is 736. The van der Waals surface area contributed by atoms with Gasteiger partial charge in [0.1, 0.15) is 0 Å². The van der Waals surface area contributed by atoms with Gasteiger partial charge in [0.05, 0.1) is 11.7 Å². The van der Waals surface area contributed by atoms with Gasteiger partial charge in [-0.25, -0.2) is 4.68 Å². The van der Waals surface area contributed by atoms with Crippen LogP contribution in [0.15, 0.2) is 24.4 Å². The Balaban J connectivity index is 1.67. The molecule has 1 aliphatic heterocycles. The lowest BCUT2D eigenvalue weighted by molar-refractivity contribution is 0.0497. The zero-order valence-electron chi connectivity index (χ0n) is 14.5. The predicted molar refractivity (Wildman–Crippen MR) is 89.6 cm³/mol. The highest BCUT2D eigenvalue weighted by atomic mass is 16.2. The van der Waals surface area contributed by atoms with Crippen molar-refractivity contribution in [3.05, 3.63) is 46.8 Å². The number of likely N-dealkylation sites (tertiary alicyclic amines) is 1. The van der Waals surface area contributed by atoms with E-state index < -0.39 is 0 Å². The van der Waals surface area contributed by atoms with Gasteiger partial charge in [-0.1, -0.05) is 43.7 Å². The lowest BCUT2D eigenvalue weighted by atomic mass is 9.93. The van der Waals surface area contributed by atoms with E-state index in [1.807, 2.05) is 41.8 Å². The molecule has 0 spiro atoms. The van der Waals surface area contributed by atoms with Gasteiger partial charge < -0.3 is 4.90 Å². The van der Waals surface area contributed by atoms with Gasteiger partial charge in [-0.05, 0) is 25.5 Å². The number of hydrogen-bond donors (Lipinski definition) is 0. The molecule has 0 bridgehead atoms. The summed E-state index contributed by atoms with van der Waals surface area (Å²) in [6.07, 6.45) is 2.00. The summed E-state index contributed by atoms with van der Waals surface area (Å²) in [4.78, 5) is 14.5. The van der Waals surface area contributed by atoms with Crippen molar-refractivity contribution >= 4 is 5.91 Å². The van der Waals surface area contributed by atoms with E-state index in [2.05, 4.69) is 37.1 Å². The molecule has 0 radical (unpaired) electrons. The molecule has 1 fully saturated rings. The smallest absolute Gasteiger partial charge is 0.254 e. The molecular weight excluding hydrogens is 288 g/mol.